The molecule has 1 aliphatic rings. The van der Waals surface area contributed by atoms with Crippen molar-refractivity contribution in [3.05, 3.63) is 65.2 Å². The number of halogens is 1. The fourth-order valence-corrected chi connectivity index (χ4v) is 3.10. The van der Waals surface area contributed by atoms with Crippen molar-refractivity contribution in [2.75, 3.05) is 18.7 Å². The minimum atomic E-state index is -0.593. The summed E-state index contributed by atoms with van der Waals surface area (Å²) < 4.78 is 4.84. The number of nitrogens with zero attached hydrogens (tertiary/aromatic N) is 3. The van der Waals surface area contributed by atoms with Gasteiger partial charge in [-0.15, -0.1) is 0 Å². The van der Waals surface area contributed by atoms with Gasteiger partial charge in [0.2, 0.25) is 0 Å². The van der Waals surface area contributed by atoms with E-state index in [4.69, 9.17) is 16.3 Å². The lowest BCUT2D eigenvalue weighted by molar-refractivity contribution is -0.144. The van der Waals surface area contributed by atoms with E-state index in [0.717, 1.165) is 12.0 Å². The quantitative estimate of drug-likeness (QED) is 0.455. The van der Waals surface area contributed by atoms with Gasteiger partial charge in [-0.2, -0.15) is 10.1 Å². The normalized spacial score (nSPS) is 16.5. The van der Waals surface area contributed by atoms with E-state index < -0.39 is 12.0 Å². The molecule has 0 unspecified atom stereocenters. The molecule has 0 radical (unpaired) electrons. The van der Waals surface area contributed by atoms with Crippen LogP contribution in [0.15, 0.2) is 59.7 Å². The number of methoxy groups -OCH3 is 1. The van der Waals surface area contributed by atoms with Crippen LogP contribution in [0.3, 0.4) is 0 Å². The van der Waals surface area contributed by atoms with Crippen LogP contribution < -0.4 is 5.01 Å². The molecule has 1 heterocycles. The summed E-state index contributed by atoms with van der Waals surface area (Å²) in [6, 6.07) is 15.3. The van der Waals surface area contributed by atoms with Gasteiger partial charge in [0, 0.05) is 11.6 Å². The first kappa shape index (κ1) is 18.9. The number of rotatable bonds is 4. The molecular weight excluding hydrogens is 366 g/mol. The van der Waals surface area contributed by atoms with Gasteiger partial charge in [-0.3, -0.25) is 0 Å². The van der Waals surface area contributed by atoms with E-state index in [2.05, 4.69) is 5.10 Å². The number of hydrazone groups is 1. The molecule has 0 N–H and O–H groups in total. The summed E-state index contributed by atoms with van der Waals surface area (Å²) in [5.41, 5.74) is 1.42. The lowest BCUT2D eigenvalue weighted by atomic mass is 10.2. The van der Waals surface area contributed by atoms with Gasteiger partial charge < -0.3 is 9.64 Å². The van der Waals surface area contributed by atoms with Crippen LogP contribution in [0.5, 0.6) is 0 Å². The SMILES string of the molecule is COC(=O)[C@H]1CCCN1C(=O)N(N=Cc1ccccc1)c1ccc(Cl)cc1. The number of anilines is 1. The third-order valence-electron chi connectivity index (χ3n) is 4.35. The lowest BCUT2D eigenvalue weighted by Gasteiger charge is -2.27. The van der Waals surface area contributed by atoms with Gasteiger partial charge in [-0.05, 0) is 42.7 Å². The van der Waals surface area contributed by atoms with Crippen molar-refractivity contribution in [1.82, 2.24) is 4.90 Å². The molecule has 1 saturated heterocycles. The van der Waals surface area contributed by atoms with E-state index in [1.54, 1.807) is 30.5 Å². The number of carbonyl (C=O) groups is 2. The van der Waals surface area contributed by atoms with E-state index in [0.29, 0.717) is 23.7 Å². The molecule has 2 aromatic carbocycles. The lowest BCUT2D eigenvalue weighted by Crippen LogP contribution is -2.47. The second-order valence-electron chi connectivity index (χ2n) is 6.10. The first-order valence-corrected chi connectivity index (χ1v) is 9.01. The van der Waals surface area contributed by atoms with E-state index >= 15 is 0 Å². The summed E-state index contributed by atoms with van der Waals surface area (Å²) in [6.07, 6.45) is 2.92. The van der Waals surface area contributed by atoms with E-state index in [-0.39, 0.29) is 6.03 Å². The number of amides is 2. The van der Waals surface area contributed by atoms with Gasteiger partial charge in [-0.25, -0.2) is 9.59 Å². The van der Waals surface area contributed by atoms with Gasteiger partial charge in [0.1, 0.15) is 6.04 Å². The van der Waals surface area contributed by atoms with Crippen molar-refractivity contribution in [3.8, 4) is 0 Å². The number of esters is 1. The number of hydrogen-bond acceptors (Lipinski definition) is 4. The average Bonchev–Trinajstić information content (AvgIpc) is 3.19. The van der Waals surface area contributed by atoms with Crippen molar-refractivity contribution in [2.24, 2.45) is 5.10 Å². The predicted molar refractivity (Wildman–Crippen MR) is 105 cm³/mol. The summed E-state index contributed by atoms with van der Waals surface area (Å²) in [7, 11) is 1.33. The summed E-state index contributed by atoms with van der Waals surface area (Å²) in [5.74, 6) is -0.413. The van der Waals surface area contributed by atoms with Crippen LogP contribution in [-0.2, 0) is 9.53 Å². The molecule has 0 bridgehead atoms. The second kappa shape index (κ2) is 8.68. The molecule has 0 aliphatic carbocycles. The molecular formula is C20H20ClN3O3. The maximum absolute atomic E-state index is 13.2. The smallest absolute Gasteiger partial charge is 0.345 e. The predicted octanol–water partition coefficient (Wildman–Crippen LogP) is 3.94. The molecule has 1 aliphatic heterocycles. The summed E-state index contributed by atoms with van der Waals surface area (Å²) in [5, 5.41) is 6.22. The zero-order chi connectivity index (χ0) is 19.2. The molecule has 140 valence electrons. The van der Waals surface area contributed by atoms with Crippen LogP contribution in [0.4, 0.5) is 10.5 Å². The standard InChI is InChI=1S/C20H20ClN3O3/c1-27-19(25)18-8-5-13-23(18)20(26)24(17-11-9-16(21)10-12-17)22-14-15-6-3-2-4-7-15/h2-4,6-7,9-12,14,18H,5,8,13H2,1H3/t18-/m1/s1. The highest BCUT2D eigenvalue weighted by Crippen LogP contribution is 2.25. The molecule has 3 rings (SSSR count). The average molecular weight is 386 g/mol. The van der Waals surface area contributed by atoms with Crippen LogP contribution >= 0.6 is 11.6 Å². The Balaban J connectivity index is 1.91. The molecule has 7 heteroatoms. The highest BCUT2D eigenvalue weighted by Gasteiger charge is 2.37. The minimum absolute atomic E-state index is 0.377. The van der Waals surface area contributed by atoms with Crippen LogP contribution in [0.25, 0.3) is 0 Å². The van der Waals surface area contributed by atoms with Gasteiger partial charge in [0.15, 0.2) is 0 Å². The van der Waals surface area contributed by atoms with Crippen molar-refractivity contribution >= 4 is 35.5 Å². The second-order valence-corrected chi connectivity index (χ2v) is 6.54. The van der Waals surface area contributed by atoms with Gasteiger partial charge in [0.25, 0.3) is 0 Å². The van der Waals surface area contributed by atoms with Crippen molar-refractivity contribution in [3.63, 3.8) is 0 Å². The molecule has 6 nitrogen and oxygen atoms in total. The zero-order valence-corrected chi connectivity index (χ0v) is 15.7. The third-order valence-corrected chi connectivity index (χ3v) is 4.60. The maximum atomic E-state index is 13.2. The largest absolute Gasteiger partial charge is 0.467 e. The Hall–Kier alpha value is -2.86. The fraction of sp³-hybridized carbons (Fsp3) is 0.250. The fourth-order valence-electron chi connectivity index (χ4n) is 2.97. The van der Waals surface area contributed by atoms with E-state index in [1.807, 2.05) is 30.3 Å². The molecule has 2 aromatic rings. The number of urea groups is 1. The minimum Gasteiger partial charge on any atom is -0.467 e. The zero-order valence-electron chi connectivity index (χ0n) is 14.9. The van der Waals surface area contributed by atoms with Gasteiger partial charge >= 0.3 is 12.0 Å². The summed E-state index contributed by atoms with van der Waals surface area (Å²) >= 11 is 5.97. The highest BCUT2D eigenvalue weighted by atomic mass is 35.5. The van der Waals surface area contributed by atoms with Gasteiger partial charge in [-0.1, -0.05) is 41.9 Å². The monoisotopic (exact) mass is 385 g/mol. The Morgan fingerprint density at radius 1 is 1.19 bits per heavy atom. The summed E-state index contributed by atoms with van der Waals surface area (Å²) in [4.78, 5) is 26.7. The number of carbonyl (C=O) groups excluding carboxylic acids is 2. The van der Waals surface area contributed by atoms with Crippen LogP contribution in [0, 0.1) is 0 Å². The Morgan fingerprint density at radius 2 is 1.89 bits per heavy atom. The number of ether oxygens (including phenoxy) is 1. The topological polar surface area (TPSA) is 62.2 Å². The third kappa shape index (κ3) is 4.46. The van der Waals surface area contributed by atoms with Crippen LogP contribution in [0.1, 0.15) is 18.4 Å². The van der Waals surface area contributed by atoms with Crippen molar-refractivity contribution in [1.29, 1.82) is 0 Å². The van der Waals surface area contributed by atoms with Crippen molar-refractivity contribution < 1.29 is 14.3 Å². The Labute approximate surface area is 163 Å². The molecule has 1 atom stereocenters. The van der Waals surface area contributed by atoms with Gasteiger partial charge in [0.05, 0.1) is 19.0 Å². The maximum Gasteiger partial charge on any atom is 0.345 e. The Morgan fingerprint density at radius 3 is 2.56 bits per heavy atom. The first-order valence-electron chi connectivity index (χ1n) is 8.63. The molecule has 0 aromatic heterocycles. The van der Waals surface area contributed by atoms with E-state index in [9.17, 15) is 9.59 Å². The Kier molecular flexibility index (Phi) is 6.08. The highest BCUT2D eigenvalue weighted by molar-refractivity contribution is 6.30. The molecule has 1 fully saturated rings. The number of hydrogen-bond donors (Lipinski definition) is 0. The van der Waals surface area contributed by atoms with Crippen molar-refractivity contribution in [2.45, 2.75) is 18.9 Å². The Bertz CT molecular complexity index is 824. The van der Waals surface area contributed by atoms with Crippen LogP contribution in [-0.4, -0.2) is 42.8 Å². The molecule has 0 spiro atoms. The first-order chi connectivity index (χ1) is 13.1. The molecule has 27 heavy (non-hydrogen) atoms. The number of likely N-dealkylation sites (tertiary alicyclic amines) is 1. The summed E-state index contributed by atoms with van der Waals surface area (Å²) in [6.45, 7) is 0.476. The van der Waals surface area contributed by atoms with E-state index in [1.165, 1.54) is 17.0 Å². The molecule has 2 amide bonds. The number of benzene rings is 2. The molecule has 0 saturated carbocycles. The van der Waals surface area contributed by atoms with Crippen LogP contribution in [0.2, 0.25) is 5.02 Å².